The first-order valence-electron chi connectivity index (χ1n) is 9.53. The van der Waals surface area contributed by atoms with Gasteiger partial charge < -0.3 is 4.42 Å². The lowest BCUT2D eigenvalue weighted by atomic mass is 9.59. The van der Waals surface area contributed by atoms with E-state index in [1.807, 2.05) is 0 Å². The van der Waals surface area contributed by atoms with Crippen molar-refractivity contribution >= 4 is 0 Å². The number of nitrogens with zero attached hydrogens (tertiary/aromatic N) is 2. The second-order valence-corrected chi connectivity index (χ2v) is 7.89. The fourth-order valence-corrected chi connectivity index (χ4v) is 4.99. The molecule has 2 aliphatic heterocycles. The summed E-state index contributed by atoms with van der Waals surface area (Å²) < 4.78 is 5.10. The van der Waals surface area contributed by atoms with Crippen molar-refractivity contribution < 1.29 is 4.42 Å². The maximum absolute atomic E-state index is 5.10. The van der Waals surface area contributed by atoms with Gasteiger partial charge >= 0.3 is 0 Å². The fraction of sp³-hybridized carbons (Fsp3) is 0.348. The molecule has 3 aromatic rings. The van der Waals surface area contributed by atoms with Crippen LogP contribution in [0.5, 0.6) is 0 Å². The maximum atomic E-state index is 5.10. The lowest BCUT2D eigenvalue weighted by Crippen LogP contribution is -2.53. The molecule has 1 aromatic heterocycles. The van der Waals surface area contributed by atoms with E-state index >= 15 is 0 Å². The lowest BCUT2D eigenvalue weighted by molar-refractivity contribution is -0.00588. The highest BCUT2D eigenvalue weighted by Crippen LogP contribution is 2.51. The summed E-state index contributed by atoms with van der Waals surface area (Å²) in [6.07, 6.45) is 4.67. The van der Waals surface area contributed by atoms with Gasteiger partial charge in [-0.15, -0.1) is 0 Å². The van der Waals surface area contributed by atoms with Crippen molar-refractivity contribution in [2.45, 2.75) is 25.8 Å². The molecule has 2 unspecified atom stereocenters. The van der Waals surface area contributed by atoms with Gasteiger partial charge in [-0.05, 0) is 53.4 Å². The van der Waals surface area contributed by atoms with E-state index in [-0.39, 0.29) is 0 Å². The Morgan fingerprint density at radius 2 is 1.81 bits per heavy atom. The highest BCUT2D eigenvalue weighted by Gasteiger charge is 2.47. The van der Waals surface area contributed by atoms with Crippen LogP contribution in [-0.2, 0) is 6.54 Å². The first-order chi connectivity index (χ1) is 12.8. The molecule has 0 radical (unpaired) electrons. The van der Waals surface area contributed by atoms with Crippen molar-refractivity contribution in [3.05, 3.63) is 78.0 Å². The van der Waals surface area contributed by atoms with Gasteiger partial charge in [-0.3, -0.25) is 4.90 Å². The Bertz CT molecular complexity index is 873. The van der Waals surface area contributed by atoms with Crippen molar-refractivity contribution in [3.63, 3.8) is 0 Å². The zero-order valence-electron chi connectivity index (χ0n) is 15.1. The molecule has 132 valence electrons. The van der Waals surface area contributed by atoms with Gasteiger partial charge in [-0.25, -0.2) is 4.98 Å². The molecular weight excluding hydrogens is 320 g/mol. The van der Waals surface area contributed by atoms with Gasteiger partial charge in [0.1, 0.15) is 6.26 Å². The molecule has 1 aliphatic carbocycles. The number of hydrogen-bond acceptors (Lipinski definition) is 3. The number of aryl methyl sites for hydroxylation is 1. The Morgan fingerprint density at radius 1 is 1.04 bits per heavy atom. The zero-order chi connectivity index (χ0) is 17.5. The first kappa shape index (κ1) is 15.8. The average Bonchev–Trinajstić information content (AvgIpc) is 3.16. The van der Waals surface area contributed by atoms with E-state index in [4.69, 9.17) is 4.42 Å². The Hall–Kier alpha value is -2.39. The van der Waals surface area contributed by atoms with E-state index in [0.717, 1.165) is 30.0 Å². The van der Waals surface area contributed by atoms with E-state index in [1.54, 1.807) is 6.26 Å². The lowest BCUT2D eigenvalue weighted by Gasteiger charge is -2.54. The summed E-state index contributed by atoms with van der Waals surface area (Å²) >= 11 is 0. The van der Waals surface area contributed by atoms with Crippen LogP contribution < -0.4 is 0 Å². The van der Waals surface area contributed by atoms with Crippen LogP contribution in [0.3, 0.4) is 0 Å². The van der Waals surface area contributed by atoms with Crippen LogP contribution in [0.1, 0.15) is 29.2 Å². The quantitative estimate of drug-likeness (QED) is 0.675. The van der Waals surface area contributed by atoms with E-state index in [1.165, 1.54) is 48.2 Å². The average molecular weight is 344 g/mol. The summed E-state index contributed by atoms with van der Waals surface area (Å²) in [5.41, 5.74) is 6.56. The molecule has 26 heavy (non-hydrogen) atoms. The third kappa shape index (κ3) is 2.77. The second-order valence-electron chi connectivity index (χ2n) is 7.89. The van der Waals surface area contributed by atoms with Gasteiger partial charge in [0.25, 0.3) is 0 Å². The monoisotopic (exact) mass is 344 g/mol. The van der Waals surface area contributed by atoms with Gasteiger partial charge in [-0.1, -0.05) is 48.5 Å². The molecule has 3 nitrogen and oxygen atoms in total. The topological polar surface area (TPSA) is 29.3 Å². The van der Waals surface area contributed by atoms with Crippen molar-refractivity contribution in [2.75, 3.05) is 13.1 Å². The van der Waals surface area contributed by atoms with Crippen LogP contribution in [0.25, 0.3) is 11.1 Å². The molecule has 3 fully saturated rings. The van der Waals surface area contributed by atoms with Gasteiger partial charge in [0.15, 0.2) is 6.39 Å². The Balaban J connectivity index is 1.29. The smallest absolute Gasteiger partial charge is 0.180 e. The van der Waals surface area contributed by atoms with Gasteiger partial charge in [0.05, 0.1) is 5.69 Å². The van der Waals surface area contributed by atoms with E-state index in [9.17, 15) is 0 Å². The van der Waals surface area contributed by atoms with Crippen molar-refractivity contribution in [2.24, 2.45) is 11.8 Å². The highest BCUT2D eigenvalue weighted by molar-refractivity contribution is 5.67. The summed E-state index contributed by atoms with van der Waals surface area (Å²) in [7, 11) is 0. The molecule has 3 aliphatic rings. The Labute approximate surface area is 154 Å². The minimum atomic E-state index is 0.731. The Morgan fingerprint density at radius 3 is 2.50 bits per heavy atom. The molecule has 3 heteroatoms. The van der Waals surface area contributed by atoms with E-state index in [2.05, 4.69) is 65.3 Å². The number of rotatable bonds is 4. The van der Waals surface area contributed by atoms with Gasteiger partial charge in [0, 0.05) is 19.6 Å². The minimum absolute atomic E-state index is 0.731. The van der Waals surface area contributed by atoms with Crippen molar-refractivity contribution in [1.29, 1.82) is 0 Å². The SMILES string of the molecule is Cc1ccccc1-c1ccc(C2C3CC2CN(Cc2cocn2)C3)cc1. The third-order valence-corrected chi connectivity index (χ3v) is 6.23. The second kappa shape index (κ2) is 6.40. The van der Waals surface area contributed by atoms with Crippen LogP contribution in [0.15, 0.2) is 65.6 Å². The van der Waals surface area contributed by atoms with E-state index < -0.39 is 0 Å². The van der Waals surface area contributed by atoms with Crippen LogP contribution in [0.2, 0.25) is 0 Å². The Kier molecular flexibility index (Phi) is 3.90. The maximum Gasteiger partial charge on any atom is 0.180 e. The standard InChI is InChI=1S/C23H24N2O/c1-16-4-2-3-5-22(16)17-6-8-18(9-7-17)23-19-10-20(23)12-25(11-19)13-21-14-26-15-24-21/h2-9,14-15,19-20,23H,10-13H2,1H3. The number of fused-ring (bicyclic) bond motifs is 2. The molecule has 2 bridgehead atoms. The molecule has 6 rings (SSSR count). The molecule has 0 N–H and O–H groups in total. The van der Waals surface area contributed by atoms with Gasteiger partial charge in [-0.2, -0.15) is 0 Å². The van der Waals surface area contributed by atoms with Crippen molar-refractivity contribution in [3.8, 4) is 11.1 Å². The fourth-order valence-electron chi connectivity index (χ4n) is 4.99. The molecule has 2 saturated heterocycles. The minimum Gasteiger partial charge on any atom is -0.451 e. The van der Waals surface area contributed by atoms with Gasteiger partial charge in [0.2, 0.25) is 0 Å². The molecular formula is C23H24N2O. The summed E-state index contributed by atoms with van der Waals surface area (Å²) in [4.78, 5) is 6.80. The third-order valence-electron chi connectivity index (χ3n) is 6.23. The molecule has 1 saturated carbocycles. The number of aromatic nitrogens is 1. The molecule has 2 atom stereocenters. The summed E-state index contributed by atoms with van der Waals surface area (Å²) in [6, 6.07) is 18.0. The highest BCUT2D eigenvalue weighted by atomic mass is 16.3. The van der Waals surface area contributed by atoms with Crippen molar-refractivity contribution in [1.82, 2.24) is 9.88 Å². The normalized spacial score (nSPS) is 25.0. The first-order valence-corrected chi connectivity index (χ1v) is 9.53. The zero-order valence-corrected chi connectivity index (χ0v) is 15.1. The van der Waals surface area contributed by atoms with Crippen LogP contribution in [0, 0.1) is 18.8 Å². The number of oxazole rings is 1. The summed E-state index contributed by atoms with van der Waals surface area (Å²) in [5.74, 6) is 2.30. The number of hydrogen-bond donors (Lipinski definition) is 0. The van der Waals surface area contributed by atoms with Crippen LogP contribution in [0.4, 0.5) is 0 Å². The molecule has 0 spiro atoms. The van der Waals surface area contributed by atoms with Crippen LogP contribution >= 0.6 is 0 Å². The number of benzene rings is 2. The summed E-state index contributed by atoms with van der Waals surface area (Å²) in [5, 5.41) is 0. The van der Waals surface area contributed by atoms with E-state index in [0.29, 0.717) is 0 Å². The summed E-state index contributed by atoms with van der Waals surface area (Å²) in [6.45, 7) is 5.45. The molecule has 3 heterocycles. The predicted molar refractivity (Wildman–Crippen MR) is 103 cm³/mol. The largest absolute Gasteiger partial charge is 0.451 e. The molecule has 0 amide bonds. The van der Waals surface area contributed by atoms with Crippen LogP contribution in [-0.4, -0.2) is 23.0 Å². The number of piperidine rings is 2. The predicted octanol–water partition coefficient (Wildman–Crippen LogP) is 4.89. The molecule has 2 aromatic carbocycles.